The van der Waals surface area contributed by atoms with E-state index in [1.807, 2.05) is 0 Å². The lowest BCUT2D eigenvalue weighted by atomic mass is 9.70. The molecule has 1 amide bonds. The first-order valence-corrected chi connectivity index (χ1v) is 9.50. The largest absolute Gasteiger partial charge is 0.441 e. The average molecular weight is 287 g/mol. The average Bonchev–Trinajstić information content (AvgIpc) is 2.20. The van der Waals surface area contributed by atoms with Crippen LogP contribution in [0.3, 0.4) is 0 Å². The van der Waals surface area contributed by atoms with Gasteiger partial charge in [-0.3, -0.25) is 9.59 Å². The molecular formula is C13H25NO4Si. The van der Waals surface area contributed by atoms with Gasteiger partial charge in [0.15, 0.2) is 15.3 Å². The SMILES string of the molecule is CC(=O)OC1NC(=O)[C@@H]1[C@@H](CO[SiH](C)C)C(C)(C)C. The lowest BCUT2D eigenvalue weighted by Crippen LogP contribution is -2.64. The molecule has 3 atom stereocenters. The molecule has 19 heavy (non-hydrogen) atoms. The molecule has 1 heterocycles. The summed E-state index contributed by atoms with van der Waals surface area (Å²) in [6.45, 7) is 12.3. The number of hydrogen-bond acceptors (Lipinski definition) is 4. The molecule has 1 N–H and O–H groups in total. The number of ether oxygens (including phenoxy) is 1. The molecule has 1 aliphatic rings. The minimum atomic E-state index is -1.14. The van der Waals surface area contributed by atoms with E-state index in [1.165, 1.54) is 6.92 Å². The number of amides is 1. The monoisotopic (exact) mass is 287 g/mol. The Hall–Kier alpha value is -0.883. The number of carbonyl (C=O) groups excluding carboxylic acids is 2. The van der Waals surface area contributed by atoms with Gasteiger partial charge in [-0.2, -0.15) is 0 Å². The second kappa shape index (κ2) is 6.05. The first-order chi connectivity index (χ1) is 8.62. The zero-order chi connectivity index (χ0) is 14.8. The van der Waals surface area contributed by atoms with Gasteiger partial charge in [0, 0.05) is 19.4 Å². The summed E-state index contributed by atoms with van der Waals surface area (Å²) in [5, 5.41) is 2.64. The second-order valence-corrected chi connectivity index (χ2v) is 8.85. The van der Waals surface area contributed by atoms with Gasteiger partial charge in [-0.25, -0.2) is 0 Å². The van der Waals surface area contributed by atoms with Crippen molar-refractivity contribution in [2.24, 2.45) is 17.3 Å². The number of nitrogens with one attached hydrogen (secondary N) is 1. The molecule has 0 saturated carbocycles. The molecule has 0 aromatic rings. The Morgan fingerprint density at radius 1 is 1.42 bits per heavy atom. The molecular weight excluding hydrogens is 262 g/mol. The number of esters is 1. The van der Waals surface area contributed by atoms with Crippen molar-refractivity contribution in [1.82, 2.24) is 5.32 Å². The highest BCUT2D eigenvalue weighted by molar-refractivity contribution is 6.48. The molecule has 1 rings (SSSR count). The maximum Gasteiger partial charge on any atom is 0.304 e. The number of hydrogen-bond donors (Lipinski definition) is 1. The first-order valence-electron chi connectivity index (χ1n) is 6.72. The van der Waals surface area contributed by atoms with Crippen molar-refractivity contribution in [3.05, 3.63) is 0 Å². The number of rotatable bonds is 5. The van der Waals surface area contributed by atoms with Crippen molar-refractivity contribution >= 4 is 20.9 Å². The lowest BCUT2D eigenvalue weighted by molar-refractivity contribution is -0.175. The third-order valence-electron chi connectivity index (χ3n) is 3.36. The molecule has 1 fully saturated rings. The molecule has 110 valence electrons. The Labute approximate surface area is 116 Å². The van der Waals surface area contributed by atoms with E-state index in [-0.39, 0.29) is 29.1 Å². The Balaban J connectivity index is 2.78. The molecule has 0 bridgehead atoms. The molecule has 1 saturated heterocycles. The summed E-state index contributed by atoms with van der Waals surface area (Å²) in [5.41, 5.74) is -0.0793. The quantitative estimate of drug-likeness (QED) is 0.470. The molecule has 0 spiro atoms. The fourth-order valence-electron chi connectivity index (χ4n) is 2.23. The summed E-state index contributed by atoms with van der Waals surface area (Å²) < 4.78 is 10.9. The predicted molar refractivity (Wildman–Crippen MR) is 75.0 cm³/mol. The molecule has 0 aromatic carbocycles. The van der Waals surface area contributed by atoms with E-state index in [0.717, 1.165) is 0 Å². The third-order valence-corrected chi connectivity index (χ3v) is 4.22. The van der Waals surface area contributed by atoms with E-state index in [2.05, 4.69) is 39.2 Å². The maximum absolute atomic E-state index is 11.8. The second-order valence-electron chi connectivity index (χ2n) is 6.42. The molecule has 1 aliphatic heterocycles. The fraction of sp³-hybridized carbons (Fsp3) is 0.846. The summed E-state index contributed by atoms with van der Waals surface area (Å²) in [6.07, 6.45) is -0.508. The van der Waals surface area contributed by atoms with Gasteiger partial charge in [-0.1, -0.05) is 20.8 Å². The van der Waals surface area contributed by atoms with E-state index in [4.69, 9.17) is 9.16 Å². The van der Waals surface area contributed by atoms with Crippen molar-refractivity contribution in [1.29, 1.82) is 0 Å². The van der Waals surface area contributed by atoms with Crippen LogP contribution in [0.25, 0.3) is 0 Å². The molecule has 0 aromatic heterocycles. The Morgan fingerprint density at radius 2 is 2.00 bits per heavy atom. The van der Waals surface area contributed by atoms with Crippen molar-refractivity contribution in [3.63, 3.8) is 0 Å². The van der Waals surface area contributed by atoms with Crippen molar-refractivity contribution < 1.29 is 18.8 Å². The van der Waals surface area contributed by atoms with Crippen LogP contribution in [-0.4, -0.2) is 33.8 Å². The van der Waals surface area contributed by atoms with Gasteiger partial charge in [0.2, 0.25) is 5.91 Å². The van der Waals surface area contributed by atoms with E-state index in [9.17, 15) is 9.59 Å². The smallest absolute Gasteiger partial charge is 0.304 e. The zero-order valence-corrected chi connectivity index (χ0v) is 13.8. The van der Waals surface area contributed by atoms with E-state index in [0.29, 0.717) is 6.61 Å². The van der Waals surface area contributed by atoms with Crippen LogP contribution in [0.5, 0.6) is 0 Å². The summed E-state index contributed by atoms with van der Waals surface area (Å²) in [6, 6.07) is 0. The summed E-state index contributed by atoms with van der Waals surface area (Å²) in [4.78, 5) is 22.8. The number of β-lactam (4-membered cyclic amide) rings is 1. The maximum atomic E-state index is 11.8. The van der Waals surface area contributed by atoms with Crippen LogP contribution >= 0.6 is 0 Å². The van der Waals surface area contributed by atoms with Gasteiger partial charge in [0.25, 0.3) is 0 Å². The van der Waals surface area contributed by atoms with E-state index >= 15 is 0 Å². The van der Waals surface area contributed by atoms with Gasteiger partial charge in [-0.05, 0) is 18.5 Å². The summed E-state index contributed by atoms with van der Waals surface area (Å²) >= 11 is 0. The van der Waals surface area contributed by atoms with Gasteiger partial charge >= 0.3 is 5.97 Å². The Morgan fingerprint density at radius 3 is 2.37 bits per heavy atom. The Kier molecular flexibility index (Phi) is 5.15. The molecule has 0 aliphatic carbocycles. The Bertz CT molecular complexity index is 351. The predicted octanol–water partition coefficient (Wildman–Crippen LogP) is 1.28. The molecule has 1 unspecified atom stereocenters. The van der Waals surface area contributed by atoms with Crippen LogP contribution < -0.4 is 5.32 Å². The van der Waals surface area contributed by atoms with Crippen molar-refractivity contribution in [2.75, 3.05) is 6.61 Å². The van der Waals surface area contributed by atoms with Crippen LogP contribution in [-0.2, 0) is 18.8 Å². The third kappa shape index (κ3) is 4.31. The standard InChI is InChI=1S/C13H25NO4Si/c1-8(15)18-12-10(11(16)14-12)9(13(2,3)4)7-17-19(5)6/h9-10,12,19H,7H2,1-6H3,(H,14,16)/t9-,10+,12?/m1/s1. The number of carbonyl (C=O) groups is 2. The topological polar surface area (TPSA) is 64.6 Å². The molecule has 0 radical (unpaired) electrons. The van der Waals surface area contributed by atoms with Crippen molar-refractivity contribution in [3.8, 4) is 0 Å². The lowest BCUT2D eigenvalue weighted by Gasteiger charge is -2.45. The normalized spacial score (nSPS) is 24.7. The van der Waals surface area contributed by atoms with E-state index in [1.54, 1.807) is 0 Å². The highest BCUT2D eigenvalue weighted by Gasteiger charge is 2.50. The van der Waals surface area contributed by atoms with Crippen LogP contribution in [0, 0.1) is 17.3 Å². The highest BCUT2D eigenvalue weighted by atomic mass is 28.3. The minimum absolute atomic E-state index is 0.0421. The fourth-order valence-corrected chi connectivity index (χ4v) is 2.82. The highest BCUT2D eigenvalue weighted by Crippen LogP contribution is 2.38. The van der Waals surface area contributed by atoms with Gasteiger partial charge in [0.05, 0.1) is 5.92 Å². The molecule has 6 heteroatoms. The summed E-state index contributed by atoms with van der Waals surface area (Å²) in [5.74, 6) is -0.695. The van der Waals surface area contributed by atoms with Crippen LogP contribution in [0.15, 0.2) is 0 Å². The van der Waals surface area contributed by atoms with Crippen LogP contribution in [0.1, 0.15) is 27.7 Å². The van der Waals surface area contributed by atoms with Gasteiger partial charge in [-0.15, -0.1) is 0 Å². The van der Waals surface area contributed by atoms with Gasteiger partial charge < -0.3 is 14.5 Å². The van der Waals surface area contributed by atoms with Crippen LogP contribution in [0.2, 0.25) is 13.1 Å². The zero-order valence-electron chi connectivity index (χ0n) is 12.6. The van der Waals surface area contributed by atoms with Crippen molar-refractivity contribution in [2.45, 2.75) is 47.0 Å². The molecule has 5 nitrogen and oxygen atoms in total. The minimum Gasteiger partial charge on any atom is -0.441 e. The van der Waals surface area contributed by atoms with Crippen LogP contribution in [0.4, 0.5) is 0 Å². The van der Waals surface area contributed by atoms with Gasteiger partial charge in [0.1, 0.15) is 0 Å². The first kappa shape index (κ1) is 16.2. The van der Waals surface area contributed by atoms with E-state index < -0.39 is 15.3 Å². The summed E-state index contributed by atoms with van der Waals surface area (Å²) in [7, 11) is -1.14.